The highest BCUT2D eigenvalue weighted by Crippen LogP contribution is 2.35. The maximum absolute atomic E-state index is 12.6. The molecule has 1 atom stereocenters. The number of benzene rings is 1. The Morgan fingerprint density at radius 1 is 1.18 bits per heavy atom. The monoisotopic (exact) mass is 253 g/mol. The molecule has 1 nitrogen and oxygen atoms in total. The van der Waals surface area contributed by atoms with E-state index in [-0.39, 0.29) is 11.1 Å². The third kappa shape index (κ3) is 2.74. The van der Waals surface area contributed by atoms with E-state index in [4.69, 9.17) is 5.73 Å². The minimum atomic E-state index is -4.57. The molecule has 0 amide bonds. The number of alkyl halides is 5. The summed E-state index contributed by atoms with van der Waals surface area (Å²) in [5, 5.41) is 0. The van der Waals surface area contributed by atoms with Crippen molar-refractivity contribution in [2.24, 2.45) is 5.73 Å². The van der Waals surface area contributed by atoms with E-state index < -0.39 is 23.7 Å². The molecule has 0 fully saturated rings. The van der Waals surface area contributed by atoms with Crippen LogP contribution < -0.4 is 5.73 Å². The smallest absolute Gasteiger partial charge is 0.317 e. The van der Waals surface area contributed by atoms with Crippen molar-refractivity contribution >= 4 is 0 Å². The van der Waals surface area contributed by atoms with Crippen LogP contribution in [0.1, 0.15) is 23.6 Å². The summed E-state index contributed by atoms with van der Waals surface area (Å²) in [5.74, 6) is 0. The van der Waals surface area contributed by atoms with Crippen LogP contribution in [0.25, 0.3) is 0 Å². The second kappa shape index (κ2) is 4.25. The first-order valence-corrected chi connectivity index (χ1v) is 4.82. The lowest BCUT2D eigenvalue weighted by Gasteiger charge is -2.25. The fourth-order valence-electron chi connectivity index (χ4n) is 1.39. The normalized spacial score (nSPS) is 16.1. The van der Waals surface area contributed by atoms with Crippen molar-refractivity contribution in [2.45, 2.75) is 32.0 Å². The minimum absolute atomic E-state index is 0.0219. The number of halogens is 5. The first-order valence-electron chi connectivity index (χ1n) is 4.82. The van der Waals surface area contributed by atoms with Crippen molar-refractivity contribution < 1.29 is 22.0 Å². The number of hydrogen-bond acceptors (Lipinski definition) is 1. The predicted molar refractivity (Wildman–Crippen MR) is 53.7 cm³/mol. The van der Waals surface area contributed by atoms with E-state index in [1.807, 2.05) is 0 Å². The Balaban J connectivity index is 3.32. The molecule has 1 rings (SSSR count). The van der Waals surface area contributed by atoms with Gasteiger partial charge in [0.05, 0.1) is 11.1 Å². The van der Waals surface area contributed by atoms with Crippen LogP contribution in [0.2, 0.25) is 0 Å². The molecule has 1 aromatic rings. The molecule has 1 unspecified atom stereocenters. The van der Waals surface area contributed by atoms with Crippen molar-refractivity contribution in [1.29, 1.82) is 0 Å². The van der Waals surface area contributed by atoms with Crippen LogP contribution in [-0.2, 0) is 11.7 Å². The van der Waals surface area contributed by atoms with Crippen LogP contribution in [0.5, 0.6) is 0 Å². The lowest BCUT2D eigenvalue weighted by Crippen LogP contribution is -2.40. The molecule has 0 bridgehead atoms. The fraction of sp³-hybridized carbons (Fsp3) is 0.455. The Hall–Kier alpha value is -1.17. The van der Waals surface area contributed by atoms with Crippen molar-refractivity contribution in [2.75, 3.05) is 0 Å². The van der Waals surface area contributed by atoms with Crippen LogP contribution in [0.4, 0.5) is 22.0 Å². The van der Waals surface area contributed by atoms with Gasteiger partial charge < -0.3 is 5.73 Å². The van der Waals surface area contributed by atoms with E-state index in [1.165, 1.54) is 13.0 Å². The Labute approximate surface area is 95.4 Å². The summed E-state index contributed by atoms with van der Waals surface area (Å²) >= 11 is 0. The second-order valence-corrected chi connectivity index (χ2v) is 4.11. The number of rotatable bonds is 2. The largest absolute Gasteiger partial charge is 0.416 e. The zero-order valence-corrected chi connectivity index (χ0v) is 9.28. The number of hydrogen-bond donors (Lipinski definition) is 1. The summed E-state index contributed by atoms with van der Waals surface area (Å²) < 4.78 is 63.0. The molecule has 0 aliphatic rings. The van der Waals surface area contributed by atoms with Gasteiger partial charge in [0, 0.05) is 0 Å². The molecule has 2 N–H and O–H groups in total. The lowest BCUT2D eigenvalue weighted by molar-refractivity contribution is -0.138. The van der Waals surface area contributed by atoms with E-state index in [9.17, 15) is 22.0 Å². The summed E-state index contributed by atoms with van der Waals surface area (Å²) in [7, 11) is 0. The number of nitrogens with two attached hydrogens (primary N) is 1. The van der Waals surface area contributed by atoms with Gasteiger partial charge >= 0.3 is 6.18 Å². The molecule has 0 saturated heterocycles. The molecule has 96 valence electrons. The van der Waals surface area contributed by atoms with Gasteiger partial charge in [0.25, 0.3) is 6.43 Å². The maximum atomic E-state index is 12.6. The van der Waals surface area contributed by atoms with Crippen LogP contribution in [0.3, 0.4) is 0 Å². The van der Waals surface area contributed by atoms with E-state index in [0.717, 1.165) is 13.0 Å². The van der Waals surface area contributed by atoms with Gasteiger partial charge in [0.15, 0.2) is 0 Å². The number of aryl methyl sites for hydroxylation is 1. The second-order valence-electron chi connectivity index (χ2n) is 4.11. The molecule has 17 heavy (non-hydrogen) atoms. The molecule has 0 spiro atoms. The molecule has 0 aliphatic heterocycles. The first-order chi connectivity index (χ1) is 7.56. The minimum Gasteiger partial charge on any atom is -0.317 e. The summed E-state index contributed by atoms with van der Waals surface area (Å²) in [5.41, 5.74) is 2.05. The molecule has 0 saturated carbocycles. The van der Waals surface area contributed by atoms with E-state index >= 15 is 0 Å². The standard InChI is InChI=1S/C11H12F5N/c1-6-3-4-7(10(2,17)9(12)13)5-8(6)11(14,15)16/h3-5,9H,17H2,1-2H3. The highest BCUT2D eigenvalue weighted by molar-refractivity contribution is 5.36. The molecule has 6 heteroatoms. The Morgan fingerprint density at radius 2 is 1.71 bits per heavy atom. The van der Waals surface area contributed by atoms with E-state index in [0.29, 0.717) is 6.07 Å². The zero-order chi connectivity index (χ0) is 13.4. The van der Waals surface area contributed by atoms with Gasteiger partial charge in [0.1, 0.15) is 0 Å². The van der Waals surface area contributed by atoms with Gasteiger partial charge in [0.2, 0.25) is 0 Å². The first kappa shape index (κ1) is 13.9. The Kier molecular flexibility index (Phi) is 3.47. The Morgan fingerprint density at radius 3 is 2.12 bits per heavy atom. The van der Waals surface area contributed by atoms with Gasteiger partial charge in [-0.1, -0.05) is 12.1 Å². The molecular weight excluding hydrogens is 241 g/mol. The van der Waals surface area contributed by atoms with Gasteiger partial charge in [-0.05, 0) is 31.0 Å². The molecule has 0 heterocycles. The van der Waals surface area contributed by atoms with Gasteiger partial charge in [-0.2, -0.15) is 13.2 Å². The molecule has 0 radical (unpaired) electrons. The van der Waals surface area contributed by atoms with Crippen LogP contribution in [0, 0.1) is 6.92 Å². The SMILES string of the molecule is Cc1ccc(C(C)(N)C(F)F)cc1C(F)(F)F. The maximum Gasteiger partial charge on any atom is 0.416 e. The fourth-order valence-corrected chi connectivity index (χ4v) is 1.39. The third-order valence-corrected chi connectivity index (χ3v) is 2.62. The Bertz CT molecular complexity index is 409. The van der Waals surface area contributed by atoms with Crippen molar-refractivity contribution in [1.82, 2.24) is 0 Å². The quantitative estimate of drug-likeness (QED) is 0.802. The van der Waals surface area contributed by atoms with Crippen LogP contribution in [-0.4, -0.2) is 6.43 Å². The summed E-state index contributed by atoms with van der Waals surface area (Å²) in [4.78, 5) is 0. The molecular formula is C11H12F5N. The topological polar surface area (TPSA) is 26.0 Å². The highest BCUT2D eigenvalue weighted by Gasteiger charge is 2.37. The van der Waals surface area contributed by atoms with Crippen molar-refractivity contribution in [3.8, 4) is 0 Å². The summed E-state index contributed by atoms with van der Waals surface area (Å²) in [6.07, 6.45) is -7.51. The van der Waals surface area contributed by atoms with Gasteiger partial charge in [-0.15, -0.1) is 0 Å². The van der Waals surface area contributed by atoms with Crippen LogP contribution in [0.15, 0.2) is 18.2 Å². The molecule has 0 aliphatic carbocycles. The van der Waals surface area contributed by atoms with Gasteiger partial charge in [-0.25, -0.2) is 8.78 Å². The molecule has 1 aromatic carbocycles. The summed E-state index contributed by atoms with van der Waals surface area (Å²) in [6, 6.07) is 3.02. The van der Waals surface area contributed by atoms with Crippen LogP contribution >= 0.6 is 0 Å². The molecule has 0 aromatic heterocycles. The van der Waals surface area contributed by atoms with Gasteiger partial charge in [-0.3, -0.25) is 0 Å². The lowest BCUT2D eigenvalue weighted by atomic mass is 9.90. The predicted octanol–water partition coefficient (Wildman–Crippen LogP) is 3.45. The van der Waals surface area contributed by atoms with E-state index in [1.54, 1.807) is 0 Å². The highest BCUT2D eigenvalue weighted by atomic mass is 19.4. The van der Waals surface area contributed by atoms with Crippen molar-refractivity contribution in [3.05, 3.63) is 34.9 Å². The zero-order valence-electron chi connectivity index (χ0n) is 9.28. The average molecular weight is 253 g/mol. The third-order valence-electron chi connectivity index (χ3n) is 2.62. The summed E-state index contributed by atoms with van der Waals surface area (Å²) in [6.45, 7) is 2.27. The average Bonchev–Trinajstić information content (AvgIpc) is 2.15. The van der Waals surface area contributed by atoms with E-state index in [2.05, 4.69) is 0 Å². The van der Waals surface area contributed by atoms with Crippen molar-refractivity contribution in [3.63, 3.8) is 0 Å².